The third kappa shape index (κ3) is 3.30. The SMILES string of the molecule is COc1cc(OC)c(C2CC(=O)Nc3c2c(C)nn3-c2ccc(Cl)nn2)cc1OC. The number of amides is 1. The van der Waals surface area contributed by atoms with Crippen LogP contribution in [0.1, 0.15) is 29.2 Å². The lowest BCUT2D eigenvalue weighted by Crippen LogP contribution is -2.25. The minimum atomic E-state index is -0.294. The van der Waals surface area contributed by atoms with Gasteiger partial charge in [-0.1, -0.05) is 11.6 Å². The Bertz CT molecular complexity index is 1110. The van der Waals surface area contributed by atoms with Crippen LogP contribution < -0.4 is 19.5 Å². The normalized spacial score (nSPS) is 15.4. The minimum Gasteiger partial charge on any atom is -0.496 e. The van der Waals surface area contributed by atoms with Gasteiger partial charge in [0.2, 0.25) is 5.91 Å². The van der Waals surface area contributed by atoms with Gasteiger partial charge in [-0.15, -0.1) is 10.2 Å². The van der Waals surface area contributed by atoms with E-state index in [0.717, 1.165) is 16.8 Å². The van der Waals surface area contributed by atoms with E-state index in [-0.39, 0.29) is 23.4 Å². The van der Waals surface area contributed by atoms with E-state index in [1.54, 1.807) is 44.2 Å². The molecule has 1 amide bonds. The lowest BCUT2D eigenvalue weighted by molar-refractivity contribution is -0.116. The number of rotatable bonds is 5. The van der Waals surface area contributed by atoms with Crippen LogP contribution in [0.25, 0.3) is 5.82 Å². The molecule has 0 radical (unpaired) electrons. The molecular formula is C20H20ClN5O4. The largest absolute Gasteiger partial charge is 0.496 e. The molecule has 1 atom stereocenters. The number of nitrogens with one attached hydrogen (secondary N) is 1. The number of carbonyl (C=O) groups excluding carboxylic acids is 1. The quantitative estimate of drug-likeness (QED) is 0.664. The summed E-state index contributed by atoms with van der Waals surface area (Å²) in [4.78, 5) is 12.6. The average Bonchev–Trinajstić information content (AvgIpc) is 3.08. The molecule has 0 spiro atoms. The van der Waals surface area contributed by atoms with E-state index in [9.17, 15) is 4.79 Å². The summed E-state index contributed by atoms with van der Waals surface area (Å²) in [5.74, 6) is 2.24. The van der Waals surface area contributed by atoms with Crippen LogP contribution in [0.5, 0.6) is 17.2 Å². The number of carbonyl (C=O) groups is 1. The van der Waals surface area contributed by atoms with Crippen molar-refractivity contribution in [2.75, 3.05) is 26.6 Å². The van der Waals surface area contributed by atoms with Crippen LogP contribution in [0.3, 0.4) is 0 Å². The number of aromatic nitrogens is 4. The Hall–Kier alpha value is -3.33. The molecule has 4 rings (SSSR count). The second kappa shape index (κ2) is 7.83. The smallest absolute Gasteiger partial charge is 0.226 e. The highest BCUT2D eigenvalue weighted by Gasteiger charge is 2.35. The Labute approximate surface area is 177 Å². The van der Waals surface area contributed by atoms with Gasteiger partial charge in [0, 0.05) is 29.5 Å². The number of benzene rings is 1. The highest BCUT2D eigenvalue weighted by Crippen LogP contribution is 2.46. The fourth-order valence-corrected chi connectivity index (χ4v) is 3.83. The zero-order chi connectivity index (χ0) is 21.4. The Kier molecular flexibility index (Phi) is 5.21. The summed E-state index contributed by atoms with van der Waals surface area (Å²) in [6.45, 7) is 1.89. The van der Waals surface area contributed by atoms with Crippen LogP contribution in [0.4, 0.5) is 5.82 Å². The molecular weight excluding hydrogens is 410 g/mol. The zero-order valence-electron chi connectivity index (χ0n) is 16.9. The van der Waals surface area contributed by atoms with Crippen LogP contribution >= 0.6 is 11.6 Å². The maximum Gasteiger partial charge on any atom is 0.226 e. The minimum absolute atomic E-state index is 0.146. The van der Waals surface area contributed by atoms with Gasteiger partial charge in [-0.2, -0.15) is 9.78 Å². The molecule has 1 N–H and O–H groups in total. The molecule has 30 heavy (non-hydrogen) atoms. The molecule has 1 aliphatic heterocycles. The monoisotopic (exact) mass is 429 g/mol. The van der Waals surface area contributed by atoms with Gasteiger partial charge in [-0.25, -0.2) is 0 Å². The molecule has 1 aliphatic rings. The summed E-state index contributed by atoms with van der Waals surface area (Å²) >= 11 is 5.85. The summed E-state index contributed by atoms with van der Waals surface area (Å²) in [6.07, 6.45) is 0.234. The first kappa shape index (κ1) is 20.0. The van der Waals surface area contributed by atoms with E-state index < -0.39 is 0 Å². The highest BCUT2D eigenvalue weighted by atomic mass is 35.5. The Morgan fingerprint density at radius 2 is 1.77 bits per heavy atom. The molecule has 0 saturated heterocycles. The van der Waals surface area contributed by atoms with Crippen LogP contribution in [0, 0.1) is 6.92 Å². The summed E-state index contributed by atoms with van der Waals surface area (Å²) in [5.41, 5.74) is 2.43. The van der Waals surface area contributed by atoms with Crippen molar-refractivity contribution in [2.45, 2.75) is 19.3 Å². The molecule has 0 bridgehead atoms. The van der Waals surface area contributed by atoms with Crippen molar-refractivity contribution in [3.8, 4) is 23.1 Å². The third-order valence-corrected chi connectivity index (χ3v) is 5.25. The van der Waals surface area contributed by atoms with Gasteiger partial charge < -0.3 is 19.5 Å². The molecule has 0 aliphatic carbocycles. The van der Waals surface area contributed by atoms with Gasteiger partial charge in [0.25, 0.3) is 0 Å². The molecule has 0 saturated carbocycles. The second-order valence-electron chi connectivity index (χ2n) is 6.73. The van der Waals surface area contributed by atoms with Crippen LogP contribution in [0.15, 0.2) is 24.3 Å². The first-order chi connectivity index (χ1) is 14.5. The first-order valence-electron chi connectivity index (χ1n) is 9.15. The number of aryl methyl sites for hydroxylation is 1. The van der Waals surface area contributed by atoms with E-state index in [0.29, 0.717) is 28.9 Å². The predicted molar refractivity (Wildman–Crippen MR) is 110 cm³/mol. The van der Waals surface area contributed by atoms with Gasteiger partial charge in [0.15, 0.2) is 22.5 Å². The number of ether oxygens (including phenoxy) is 3. The molecule has 156 valence electrons. The van der Waals surface area contributed by atoms with Crippen molar-refractivity contribution < 1.29 is 19.0 Å². The van der Waals surface area contributed by atoms with E-state index >= 15 is 0 Å². The Balaban J connectivity index is 1.90. The summed E-state index contributed by atoms with van der Waals surface area (Å²) in [6, 6.07) is 6.90. The van der Waals surface area contributed by atoms with Gasteiger partial charge in [0.1, 0.15) is 11.6 Å². The summed E-state index contributed by atoms with van der Waals surface area (Å²) in [7, 11) is 4.70. The predicted octanol–water partition coefficient (Wildman–Crippen LogP) is 3.12. The van der Waals surface area contributed by atoms with Crippen molar-refractivity contribution in [3.05, 3.63) is 46.2 Å². The van der Waals surface area contributed by atoms with Crippen molar-refractivity contribution in [2.24, 2.45) is 0 Å². The van der Waals surface area contributed by atoms with Gasteiger partial charge >= 0.3 is 0 Å². The second-order valence-corrected chi connectivity index (χ2v) is 7.12. The number of methoxy groups -OCH3 is 3. The van der Waals surface area contributed by atoms with Crippen LogP contribution in [-0.2, 0) is 4.79 Å². The summed E-state index contributed by atoms with van der Waals surface area (Å²) < 4.78 is 18.0. The maximum absolute atomic E-state index is 12.6. The van der Waals surface area contributed by atoms with Crippen molar-refractivity contribution >= 4 is 23.3 Å². The molecule has 1 aromatic carbocycles. The van der Waals surface area contributed by atoms with E-state index in [2.05, 4.69) is 20.6 Å². The maximum atomic E-state index is 12.6. The molecule has 3 heterocycles. The van der Waals surface area contributed by atoms with Gasteiger partial charge in [0.05, 0.1) is 27.0 Å². The molecule has 9 nitrogen and oxygen atoms in total. The number of fused-ring (bicyclic) bond motifs is 1. The van der Waals surface area contributed by atoms with E-state index in [4.69, 9.17) is 25.8 Å². The first-order valence-corrected chi connectivity index (χ1v) is 9.53. The Morgan fingerprint density at radius 3 is 2.40 bits per heavy atom. The summed E-state index contributed by atoms with van der Waals surface area (Å²) in [5, 5.41) is 15.7. The molecule has 1 unspecified atom stereocenters. The number of halogens is 1. The Morgan fingerprint density at radius 1 is 1.07 bits per heavy atom. The average molecular weight is 430 g/mol. The lowest BCUT2D eigenvalue weighted by atomic mass is 9.85. The van der Waals surface area contributed by atoms with E-state index in [1.807, 2.05) is 13.0 Å². The third-order valence-electron chi connectivity index (χ3n) is 5.05. The molecule has 0 fully saturated rings. The van der Waals surface area contributed by atoms with Crippen molar-refractivity contribution in [1.82, 2.24) is 20.0 Å². The van der Waals surface area contributed by atoms with Crippen LogP contribution in [0.2, 0.25) is 5.15 Å². The van der Waals surface area contributed by atoms with Gasteiger partial charge in [-0.3, -0.25) is 4.79 Å². The standard InChI is InChI=1S/C20H20ClN5O4/c1-10-19-12(11-7-14(29-3)15(30-4)9-13(11)28-2)8-18(27)22-20(19)26(25-10)17-6-5-16(21)23-24-17/h5-7,9,12H,8H2,1-4H3,(H,22,27). The number of hydrogen-bond acceptors (Lipinski definition) is 7. The number of hydrogen-bond donors (Lipinski definition) is 1. The van der Waals surface area contributed by atoms with Crippen LogP contribution in [-0.4, -0.2) is 47.2 Å². The molecule has 2 aromatic heterocycles. The molecule has 3 aromatic rings. The highest BCUT2D eigenvalue weighted by molar-refractivity contribution is 6.29. The molecule has 10 heteroatoms. The fourth-order valence-electron chi connectivity index (χ4n) is 3.73. The fraction of sp³-hybridized carbons (Fsp3) is 0.300. The van der Waals surface area contributed by atoms with Crippen molar-refractivity contribution in [1.29, 1.82) is 0 Å². The number of anilines is 1. The zero-order valence-corrected chi connectivity index (χ0v) is 17.6. The van der Waals surface area contributed by atoms with Gasteiger partial charge in [-0.05, 0) is 25.1 Å². The number of nitrogens with zero attached hydrogens (tertiary/aromatic N) is 4. The lowest BCUT2D eigenvalue weighted by Gasteiger charge is -2.26. The topological polar surface area (TPSA) is 100 Å². The van der Waals surface area contributed by atoms with E-state index in [1.165, 1.54) is 0 Å². The van der Waals surface area contributed by atoms with Crippen molar-refractivity contribution in [3.63, 3.8) is 0 Å².